The summed E-state index contributed by atoms with van der Waals surface area (Å²) in [4.78, 5) is 4.89. The van der Waals surface area contributed by atoms with E-state index in [1.165, 1.54) is 39.4 Å². The van der Waals surface area contributed by atoms with Crippen molar-refractivity contribution in [1.29, 1.82) is 0 Å². The Kier molecular flexibility index (Phi) is 8.85. The number of aromatic nitrogens is 4. The minimum absolute atomic E-state index is 0.286. The second-order valence-electron chi connectivity index (χ2n) is 14.5. The van der Waals surface area contributed by atoms with E-state index in [1.54, 1.807) is 0 Å². The van der Waals surface area contributed by atoms with Gasteiger partial charge in [0.05, 0.1) is 22.4 Å². The molecule has 7 aromatic rings. The highest BCUT2D eigenvalue weighted by Gasteiger charge is 2.18. The molecule has 0 aliphatic heterocycles. The number of benzene rings is 4. The lowest BCUT2D eigenvalue weighted by Gasteiger charge is -2.17. The molecule has 3 aromatic heterocycles. The molecule has 0 amide bonds. The van der Waals surface area contributed by atoms with Crippen LogP contribution in [0.1, 0.15) is 69.5 Å². The third-order valence-corrected chi connectivity index (χ3v) is 9.48. The normalized spacial score (nSPS) is 11.9. The fraction of sp³-hybridized carbons (Fsp3) is 0.273. The highest BCUT2D eigenvalue weighted by Crippen LogP contribution is 2.37. The fourth-order valence-electron chi connectivity index (χ4n) is 6.88. The lowest BCUT2D eigenvalue weighted by atomic mass is 9.88. The Morgan fingerprint density at radius 3 is 2.31 bits per heavy atom. The molecule has 4 aromatic carbocycles. The Labute approximate surface area is 290 Å². The monoisotopic (exact) mass is 646 g/mol. The average molecular weight is 647 g/mol. The van der Waals surface area contributed by atoms with E-state index in [-0.39, 0.29) is 5.41 Å². The molecule has 0 atom stereocenters. The zero-order valence-corrected chi connectivity index (χ0v) is 29.6. The van der Waals surface area contributed by atoms with Gasteiger partial charge in [0.2, 0.25) is 0 Å². The van der Waals surface area contributed by atoms with Gasteiger partial charge in [0.15, 0.2) is 0 Å². The first kappa shape index (κ1) is 32.4. The lowest BCUT2D eigenvalue weighted by molar-refractivity contribution is 0.378. The standard InChI is InChI=1S/C44H46N4O/c1-7-8-13-32-23-25-45-42(27-32)47-40-21-18-33(22-24-44(4,5)6)26-39(40)38-20-19-37(29-41(38)47)49-36-17-12-16-35(28-36)48-31(3)43(30(2)46-48)34-14-10-9-11-15-34/h9-12,14-21,23,25-29H,7-8,13,22,24H2,1-6H3. The summed E-state index contributed by atoms with van der Waals surface area (Å²) in [7, 11) is 0. The van der Waals surface area contributed by atoms with Crippen molar-refractivity contribution in [3.63, 3.8) is 0 Å². The van der Waals surface area contributed by atoms with Crippen molar-refractivity contribution in [3.8, 4) is 34.1 Å². The van der Waals surface area contributed by atoms with Crippen LogP contribution in [0.15, 0.2) is 109 Å². The minimum atomic E-state index is 0.286. The first-order chi connectivity index (χ1) is 23.7. The summed E-state index contributed by atoms with van der Waals surface area (Å²) >= 11 is 0. The minimum Gasteiger partial charge on any atom is -0.457 e. The van der Waals surface area contributed by atoms with Crippen LogP contribution in [-0.2, 0) is 12.8 Å². The molecule has 0 aliphatic carbocycles. The van der Waals surface area contributed by atoms with Crippen LogP contribution in [0.2, 0.25) is 0 Å². The molecule has 5 heteroatoms. The van der Waals surface area contributed by atoms with Crippen LogP contribution >= 0.6 is 0 Å². The van der Waals surface area contributed by atoms with Crippen molar-refractivity contribution >= 4 is 21.8 Å². The van der Waals surface area contributed by atoms with Crippen molar-refractivity contribution in [1.82, 2.24) is 19.3 Å². The van der Waals surface area contributed by atoms with Crippen LogP contribution < -0.4 is 4.74 Å². The van der Waals surface area contributed by atoms with Gasteiger partial charge in [-0.05, 0) is 110 Å². The molecule has 0 spiro atoms. The summed E-state index contributed by atoms with van der Waals surface area (Å²) in [5.41, 5.74) is 10.6. The number of fused-ring (bicyclic) bond motifs is 3. The van der Waals surface area contributed by atoms with E-state index in [0.717, 1.165) is 71.1 Å². The van der Waals surface area contributed by atoms with Crippen LogP contribution in [0.4, 0.5) is 0 Å². The van der Waals surface area contributed by atoms with Gasteiger partial charge >= 0.3 is 0 Å². The zero-order valence-electron chi connectivity index (χ0n) is 29.6. The molecule has 0 unspecified atom stereocenters. The summed E-state index contributed by atoms with van der Waals surface area (Å²) in [5, 5.41) is 7.37. The van der Waals surface area contributed by atoms with Crippen molar-refractivity contribution in [2.75, 3.05) is 0 Å². The molecule has 0 bridgehead atoms. The van der Waals surface area contributed by atoms with Gasteiger partial charge in [-0.25, -0.2) is 9.67 Å². The van der Waals surface area contributed by atoms with Crippen molar-refractivity contribution < 1.29 is 4.74 Å². The van der Waals surface area contributed by atoms with Crippen LogP contribution in [0, 0.1) is 19.3 Å². The number of pyridine rings is 1. The third-order valence-electron chi connectivity index (χ3n) is 9.48. The van der Waals surface area contributed by atoms with Gasteiger partial charge in [0.25, 0.3) is 0 Å². The maximum Gasteiger partial charge on any atom is 0.137 e. The Balaban J connectivity index is 1.28. The summed E-state index contributed by atoms with van der Waals surface area (Å²) in [5.74, 6) is 2.48. The summed E-state index contributed by atoms with van der Waals surface area (Å²) in [6, 6.07) is 36.4. The Morgan fingerprint density at radius 2 is 1.51 bits per heavy atom. The van der Waals surface area contributed by atoms with E-state index in [1.807, 2.05) is 29.1 Å². The number of hydrogen-bond acceptors (Lipinski definition) is 3. The summed E-state index contributed by atoms with van der Waals surface area (Å²) in [6.07, 6.45) is 7.52. The summed E-state index contributed by atoms with van der Waals surface area (Å²) < 4.78 is 10.9. The Hall–Kier alpha value is -5.16. The SMILES string of the molecule is CCCCc1ccnc(-n2c3ccc(CCC(C)(C)C)cc3c3ccc(Oc4cccc(-n5nc(C)c(-c6ccccc6)c5C)c4)cc32)c1. The van der Waals surface area contributed by atoms with E-state index < -0.39 is 0 Å². The van der Waals surface area contributed by atoms with Crippen molar-refractivity contribution in [2.45, 2.75) is 73.6 Å². The first-order valence-corrected chi connectivity index (χ1v) is 17.6. The third kappa shape index (κ3) is 6.76. The Bertz CT molecular complexity index is 2250. The largest absolute Gasteiger partial charge is 0.457 e. The lowest BCUT2D eigenvalue weighted by Crippen LogP contribution is -2.06. The molecule has 49 heavy (non-hydrogen) atoms. The molecule has 0 saturated heterocycles. The second-order valence-corrected chi connectivity index (χ2v) is 14.5. The number of aryl methyl sites for hydroxylation is 3. The number of ether oxygens (including phenoxy) is 1. The van der Waals surface area contributed by atoms with Gasteiger partial charge in [0, 0.05) is 40.4 Å². The molecular formula is C44H46N4O. The fourth-order valence-corrected chi connectivity index (χ4v) is 6.88. The van der Waals surface area contributed by atoms with Crippen LogP contribution in [-0.4, -0.2) is 19.3 Å². The Morgan fingerprint density at radius 1 is 0.714 bits per heavy atom. The van der Waals surface area contributed by atoms with Gasteiger partial charge in [-0.3, -0.25) is 4.57 Å². The number of nitrogens with zero attached hydrogens (tertiary/aromatic N) is 4. The van der Waals surface area contributed by atoms with E-state index in [0.29, 0.717) is 0 Å². The number of rotatable bonds is 10. The number of hydrogen-bond donors (Lipinski definition) is 0. The molecule has 3 heterocycles. The van der Waals surface area contributed by atoms with Gasteiger partial charge in [-0.2, -0.15) is 5.10 Å². The maximum atomic E-state index is 6.60. The van der Waals surface area contributed by atoms with E-state index in [2.05, 4.69) is 131 Å². The highest BCUT2D eigenvalue weighted by molar-refractivity contribution is 6.09. The average Bonchev–Trinajstić information content (AvgIpc) is 3.58. The van der Waals surface area contributed by atoms with E-state index >= 15 is 0 Å². The molecule has 5 nitrogen and oxygen atoms in total. The van der Waals surface area contributed by atoms with E-state index in [4.69, 9.17) is 14.8 Å². The molecule has 0 aliphatic rings. The zero-order chi connectivity index (χ0) is 34.1. The molecule has 0 radical (unpaired) electrons. The highest BCUT2D eigenvalue weighted by atomic mass is 16.5. The smallest absolute Gasteiger partial charge is 0.137 e. The van der Waals surface area contributed by atoms with E-state index in [9.17, 15) is 0 Å². The molecule has 0 fully saturated rings. The van der Waals surface area contributed by atoms with Gasteiger partial charge in [-0.1, -0.05) is 76.6 Å². The van der Waals surface area contributed by atoms with Crippen molar-refractivity contribution in [2.24, 2.45) is 5.41 Å². The summed E-state index contributed by atoms with van der Waals surface area (Å²) in [6.45, 7) is 13.4. The predicted molar refractivity (Wildman–Crippen MR) is 204 cm³/mol. The topological polar surface area (TPSA) is 44.9 Å². The maximum absolute atomic E-state index is 6.60. The van der Waals surface area contributed by atoms with Crippen LogP contribution in [0.3, 0.4) is 0 Å². The molecule has 248 valence electrons. The quantitative estimate of drug-likeness (QED) is 0.149. The van der Waals surface area contributed by atoms with Crippen molar-refractivity contribution in [3.05, 3.63) is 132 Å². The number of unbranched alkanes of at least 4 members (excludes halogenated alkanes) is 1. The second kappa shape index (κ2) is 13.4. The molecule has 7 rings (SSSR count). The predicted octanol–water partition coefficient (Wildman–Crippen LogP) is 11.8. The van der Waals surface area contributed by atoms with Gasteiger partial charge in [-0.15, -0.1) is 0 Å². The van der Waals surface area contributed by atoms with Crippen LogP contribution in [0.5, 0.6) is 11.5 Å². The van der Waals surface area contributed by atoms with Gasteiger partial charge in [0.1, 0.15) is 17.3 Å². The first-order valence-electron chi connectivity index (χ1n) is 17.6. The molecule has 0 saturated carbocycles. The van der Waals surface area contributed by atoms with Crippen LogP contribution in [0.25, 0.3) is 44.4 Å². The van der Waals surface area contributed by atoms with Gasteiger partial charge < -0.3 is 4.74 Å². The molecule has 0 N–H and O–H groups in total. The molecular weight excluding hydrogens is 601 g/mol.